The minimum Gasteiger partial charge on any atom is -0.481 e. The molecular weight excluding hydrogens is 308 g/mol. The van der Waals surface area contributed by atoms with Crippen molar-refractivity contribution < 1.29 is 19.5 Å². The quantitative estimate of drug-likeness (QED) is 0.834. The van der Waals surface area contributed by atoms with Crippen molar-refractivity contribution in [3.05, 3.63) is 35.4 Å². The van der Waals surface area contributed by atoms with E-state index in [4.69, 9.17) is 5.11 Å². The zero-order valence-electron chi connectivity index (χ0n) is 14.0. The summed E-state index contributed by atoms with van der Waals surface area (Å²) in [4.78, 5) is 36.0. The van der Waals surface area contributed by atoms with E-state index < -0.39 is 5.97 Å². The van der Waals surface area contributed by atoms with Gasteiger partial charge in [0.15, 0.2) is 0 Å². The normalized spacial score (nSPS) is 17.4. The molecule has 1 aliphatic rings. The highest BCUT2D eigenvalue weighted by atomic mass is 16.4. The van der Waals surface area contributed by atoms with E-state index in [-0.39, 0.29) is 24.2 Å². The first-order valence-corrected chi connectivity index (χ1v) is 8.30. The first-order chi connectivity index (χ1) is 11.5. The van der Waals surface area contributed by atoms with E-state index >= 15 is 0 Å². The Labute approximate surface area is 141 Å². The second-order valence-corrected chi connectivity index (χ2v) is 6.30. The summed E-state index contributed by atoms with van der Waals surface area (Å²) in [5.41, 5.74) is 1.57. The average molecular weight is 332 g/mol. The molecule has 0 spiro atoms. The summed E-state index contributed by atoms with van der Waals surface area (Å²) in [7, 11) is 0. The van der Waals surface area contributed by atoms with Gasteiger partial charge in [0.05, 0.1) is 0 Å². The van der Waals surface area contributed by atoms with Crippen molar-refractivity contribution in [1.82, 2.24) is 10.2 Å². The summed E-state index contributed by atoms with van der Waals surface area (Å²) in [6.45, 7) is 3.26. The maximum Gasteiger partial charge on any atom is 0.303 e. The predicted octanol–water partition coefficient (Wildman–Crippen LogP) is 2.04. The van der Waals surface area contributed by atoms with Crippen LogP contribution in [0.15, 0.2) is 24.3 Å². The van der Waals surface area contributed by atoms with Crippen LogP contribution in [0.4, 0.5) is 0 Å². The number of benzene rings is 1. The van der Waals surface area contributed by atoms with E-state index in [0.717, 1.165) is 24.9 Å². The Balaban J connectivity index is 1.92. The van der Waals surface area contributed by atoms with Crippen LogP contribution in [0.1, 0.15) is 48.5 Å². The molecule has 2 amide bonds. The molecule has 1 aliphatic heterocycles. The Kier molecular flexibility index (Phi) is 6.35. The van der Waals surface area contributed by atoms with Gasteiger partial charge in [-0.15, -0.1) is 0 Å². The van der Waals surface area contributed by atoms with Gasteiger partial charge in [-0.2, -0.15) is 0 Å². The van der Waals surface area contributed by atoms with Gasteiger partial charge in [-0.1, -0.05) is 12.1 Å². The van der Waals surface area contributed by atoms with Crippen LogP contribution in [0.25, 0.3) is 0 Å². The highest BCUT2D eigenvalue weighted by Crippen LogP contribution is 2.22. The summed E-state index contributed by atoms with van der Waals surface area (Å²) < 4.78 is 0. The number of likely N-dealkylation sites (tertiary alicyclic amines) is 1. The van der Waals surface area contributed by atoms with E-state index in [0.29, 0.717) is 25.1 Å². The van der Waals surface area contributed by atoms with Gasteiger partial charge in [0, 0.05) is 38.5 Å². The lowest BCUT2D eigenvalue weighted by Gasteiger charge is -2.32. The number of amides is 2. The van der Waals surface area contributed by atoms with E-state index in [1.165, 1.54) is 6.92 Å². The molecule has 0 unspecified atom stereocenters. The zero-order chi connectivity index (χ0) is 17.5. The van der Waals surface area contributed by atoms with Gasteiger partial charge in [-0.25, -0.2) is 0 Å². The Morgan fingerprint density at radius 3 is 2.58 bits per heavy atom. The molecule has 6 nitrogen and oxygen atoms in total. The molecule has 0 saturated carbocycles. The maximum absolute atomic E-state index is 12.6. The molecule has 1 aromatic carbocycles. The monoisotopic (exact) mass is 332 g/mol. The molecule has 0 aliphatic carbocycles. The lowest BCUT2D eigenvalue weighted by molar-refractivity contribution is -0.137. The van der Waals surface area contributed by atoms with E-state index in [9.17, 15) is 14.4 Å². The van der Waals surface area contributed by atoms with Gasteiger partial charge < -0.3 is 15.3 Å². The van der Waals surface area contributed by atoms with Crippen LogP contribution in [0, 0.1) is 5.92 Å². The van der Waals surface area contributed by atoms with Crippen molar-refractivity contribution in [1.29, 1.82) is 0 Å². The SMILES string of the molecule is CC(=O)NCc1ccc(C(=O)N2CCC[C@@H](CCC(=O)O)C2)cc1. The molecule has 0 radical (unpaired) electrons. The topological polar surface area (TPSA) is 86.7 Å². The fourth-order valence-electron chi connectivity index (χ4n) is 2.99. The van der Waals surface area contributed by atoms with Crippen LogP contribution in [-0.2, 0) is 16.1 Å². The number of carboxylic acid groups (broad SMARTS) is 1. The third-order valence-electron chi connectivity index (χ3n) is 4.31. The number of hydrogen-bond donors (Lipinski definition) is 2. The number of carbonyl (C=O) groups is 3. The second kappa shape index (κ2) is 8.47. The van der Waals surface area contributed by atoms with Crippen LogP contribution in [0.5, 0.6) is 0 Å². The van der Waals surface area contributed by atoms with Gasteiger partial charge >= 0.3 is 5.97 Å². The van der Waals surface area contributed by atoms with Crippen molar-refractivity contribution in [3.8, 4) is 0 Å². The minimum atomic E-state index is -0.784. The fraction of sp³-hybridized carbons (Fsp3) is 0.500. The predicted molar refractivity (Wildman–Crippen MR) is 89.5 cm³/mol. The third-order valence-corrected chi connectivity index (χ3v) is 4.31. The summed E-state index contributed by atoms with van der Waals surface area (Å²) in [6, 6.07) is 7.24. The van der Waals surface area contributed by atoms with Crippen LogP contribution in [0.2, 0.25) is 0 Å². The highest BCUT2D eigenvalue weighted by Gasteiger charge is 2.24. The molecule has 6 heteroatoms. The Hall–Kier alpha value is -2.37. The Bertz CT molecular complexity index is 598. The second-order valence-electron chi connectivity index (χ2n) is 6.30. The van der Waals surface area contributed by atoms with Crippen LogP contribution < -0.4 is 5.32 Å². The Morgan fingerprint density at radius 1 is 1.25 bits per heavy atom. The van der Waals surface area contributed by atoms with E-state index in [1.54, 1.807) is 12.1 Å². The van der Waals surface area contributed by atoms with Crippen LogP contribution in [-0.4, -0.2) is 40.9 Å². The molecule has 1 atom stereocenters. The van der Waals surface area contributed by atoms with Crippen molar-refractivity contribution >= 4 is 17.8 Å². The number of rotatable bonds is 6. The van der Waals surface area contributed by atoms with Gasteiger partial charge in [0.2, 0.25) is 5.91 Å². The highest BCUT2D eigenvalue weighted by molar-refractivity contribution is 5.94. The van der Waals surface area contributed by atoms with E-state index in [2.05, 4.69) is 5.32 Å². The standard InChI is InChI=1S/C18H24N2O4/c1-13(21)19-11-14-4-7-16(8-5-14)18(24)20-10-2-3-15(12-20)6-9-17(22)23/h4-5,7-8,15H,2-3,6,9-12H2,1H3,(H,19,21)(H,22,23)/t15-/m0/s1. The smallest absolute Gasteiger partial charge is 0.303 e. The van der Waals surface area contributed by atoms with Crippen molar-refractivity contribution in [2.75, 3.05) is 13.1 Å². The molecule has 1 fully saturated rings. The summed E-state index contributed by atoms with van der Waals surface area (Å²) in [5.74, 6) is -0.622. The average Bonchev–Trinajstić information content (AvgIpc) is 2.58. The number of hydrogen-bond acceptors (Lipinski definition) is 3. The minimum absolute atomic E-state index is 0.0129. The number of piperidine rings is 1. The number of carboxylic acids is 1. The molecule has 0 bridgehead atoms. The molecule has 2 N–H and O–H groups in total. The Morgan fingerprint density at radius 2 is 1.96 bits per heavy atom. The van der Waals surface area contributed by atoms with Crippen LogP contribution >= 0.6 is 0 Å². The van der Waals surface area contributed by atoms with Crippen molar-refractivity contribution in [3.63, 3.8) is 0 Å². The molecule has 24 heavy (non-hydrogen) atoms. The first-order valence-electron chi connectivity index (χ1n) is 8.30. The molecule has 1 saturated heterocycles. The lowest BCUT2D eigenvalue weighted by Crippen LogP contribution is -2.40. The summed E-state index contributed by atoms with van der Waals surface area (Å²) >= 11 is 0. The van der Waals surface area contributed by atoms with E-state index in [1.807, 2.05) is 17.0 Å². The molecule has 2 rings (SSSR count). The molecule has 1 heterocycles. The zero-order valence-corrected chi connectivity index (χ0v) is 14.0. The van der Waals surface area contributed by atoms with Gasteiger partial charge in [0.25, 0.3) is 5.91 Å². The number of aliphatic carboxylic acids is 1. The number of nitrogens with one attached hydrogen (secondary N) is 1. The van der Waals surface area contributed by atoms with Crippen molar-refractivity contribution in [2.24, 2.45) is 5.92 Å². The number of carbonyl (C=O) groups excluding carboxylic acids is 2. The van der Waals surface area contributed by atoms with Gasteiger partial charge in [0.1, 0.15) is 0 Å². The van der Waals surface area contributed by atoms with Gasteiger partial charge in [-0.05, 0) is 42.9 Å². The first kappa shape index (κ1) is 18.0. The molecule has 1 aromatic rings. The molecular formula is C18H24N2O4. The fourth-order valence-corrected chi connectivity index (χ4v) is 2.99. The largest absolute Gasteiger partial charge is 0.481 e. The van der Waals surface area contributed by atoms with Gasteiger partial charge in [-0.3, -0.25) is 14.4 Å². The van der Waals surface area contributed by atoms with Crippen LogP contribution in [0.3, 0.4) is 0 Å². The molecule has 0 aromatic heterocycles. The molecule has 130 valence electrons. The lowest BCUT2D eigenvalue weighted by atomic mass is 9.93. The maximum atomic E-state index is 12.6. The summed E-state index contributed by atoms with van der Waals surface area (Å²) in [5, 5.41) is 11.5. The van der Waals surface area contributed by atoms with Crippen molar-refractivity contribution in [2.45, 2.75) is 39.2 Å². The summed E-state index contributed by atoms with van der Waals surface area (Å²) in [6.07, 6.45) is 2.67. The third kappa shape index (κ3) is 5.37. The number of nitrogens with zero attached hydrogens (tertiary/aromatic N) is 1.